The Morgan fingerprint density at radius 2 is 1.71 bits per heavy atom. The molecule has 1 heteroatoms. The van der Waals surface area contributed by atoms with Crippen molar-refractivity contribution in [2.45, 2.75) is 78.6 Å². The largest absolute Gasteiger partial charge is 0.299 e. The van der Waals surface area contributed by atoms with Crippen LogP contribution in [0.3, 0.4) is 0 Å². The Kier molecular flexibility index (Phi) is 2.83. The molecular weight excluding hydrogens is 256 g/mol. The first kappa shape index (κ1) is 14.0. The maximum absolute atomic E-state index is 12.5. The molecule has 0 spiro atoms. The summed E-state index contributed by atoms with van der Waals surface area (Å²) in [4.78, 5) is 12.5. The molecule has 0 N–H and O–H groups in total. The third-order valence-electron chi connectivity index (χ3n) is 8.29. The van der Waals surface area contributed by atoms with Crippen LogP contribution in [0.2, 0.25) is 0 Å². The Morgan fingerprint density at radius 1 is 0.952 bits per heavy atom. The van der Waals surface area contributed by atoms with Gasteiger partial charge in [0.15, 0.2) is 0 Å². The molecule has 0 radical (unpaired) electrons. The molecule has 0 aromatic rings. The second-order valence-corrected chi connectivity index (χ2v) is 9.09. The van der Waals surface area contributed by atoms with Crippen LogP contribution in [0, 0.1) is 28.1 Å². The molecule has 0 aromatic heterocycles. The fraction of sp³-hybridized carbons (Fsp3) is 0.850. The third kappa shape index (κ3) is 1.61. The molecule has 0 unspecified atom stereocenters. The van der Waals surface area contributed by atoms with Gasteiger partial charge in [0.2, 0.25) is 0 Å². The van der Waals surface area contributed by atoms with E-state index in [-0.39, 0.29) is 5.41 Å². The molecule has 116 valence electrons. The van der Waals surface area contributed by atoms with E-state index in [1.54, 1.807) is 5.57 Å². The minimum absolute atomic E-state index is 0.00161. The van der Waals surface area contributed by atoms with Gasteiger partial charge in [-0.15, -0.1) is 0 Å². The van der Waals surface area contributed by atoms with Crippen LogP contribution in [0.15, 0.2) is 11.6 Å². The molecule has 3 fully saturated rings. The summed E-state index contributed by atoms with van der Waals surface area (Å²) in [5.74, 6) is 2.01. The zero-order chi connectivity index (χ0) is 14.9. The maximum atomic E-state index is 12.5. The van der Waals surface area contributed by atoms with Gasteiger partial charge in [0.05, 0.1) is 0 Å². The molecule has 1 nitrogen and oxygen atoms in total. The lowest BCUT2D eigenvalue weighted by Crippen LogP contribution is -2.55. The lowest BCUT2D eigenvalue weighted by molar-refractivity contribution is -0.139. The van der Waals surface area contributed by atoms with Crippen molar-refractivity contribution in [2.75, 3.05) is 0 Å². The van der Waals surface area contributed by atoms with Crippen molar-refractivity contribution >= 4 is 5.78 Å². The van der Waals surface area contributed by atoms with Crippen LogP contribution in [-0.2, 0) is 4.79 Å². The second kappa shape index (κ2) is 4.24. The Balaban J connectivity index is 1.78. The summed E-state index contributed by atoms with van der Waals surface area (Å²) in [5, 5.41) is 0. The first-order chi connectivity index (χ1) is 9.91. The van der Waals surface area contributed by atoms with Gasteiger partial charge in [0.1, 0.15) is 5.78 Å². The molecule has 0 aromatic carbocycles. The highest BCUT2D eigenvalue weighted by Crippen LogP contribution is 2.69. The third-order valence-corrected chi connectivity index (χ3v) is 8.29. The predicted molar refractivity (Wildman–Crippen MR) is 85.9 cm³/mol. The van der Waals surface area contributed by atoms with E-state index in [1.807, 2.05) is 0 Å². The minimum Gasteiger partial charge on any atom is -0.299 e. The number of Topliss-reactive ketones (excluding diaryl/α,β-unsaturated/α-hetero) is 1. The number of fused-ring (bicyclic) bond motifs is 5. The van der Waals surface area contributed by atoms with E-state index in [1.165, 1.54) is 38.5 Å². The standard InChI is InChI=1S/C20H30O/c1-18-11-5-4-6-14(18)9-12-19(2)15-7-8-17(21)20(15,3)13-10-16(18)19/h9,15-16H,4-8,10-13H2,1-3H3/t15-,16+,18-,19-,20-/m0/s1. The maximum Gasteiger partial charge on any atom is 0.139 e. The molecule has 4 rings (SSSR count). The minimum atomic E-state index is 0.00161. The molecule has 5 atom stereocenters. The number of allylic oxidation sites excluding steroid dienone is 2. The summed E-state index contributed by atoms with van der Waals surface area (Å²) in [6, 6.07) is 0. The fourth-order valence-electron chi connectivity index (χ4n) is 7.12. The van der Waals surface area contributed by atoms with Crippen molar-refractivity contribution in [1.29, 1.82) is 0 Å². The summed E-state index contributed by atoms with van der Waals surface area (Å²) in [6.07, 6.45) is 13.8. The first-order valence-corrected chi connectivity index (χ1v) is 9.14. The quantitative estimate of drug-likeness (QED) is 0.552. The van der Waals surface area contributed by atoms with Crippen LogP contribution < -0.4 is 0 Å². The molecule has 0 bridgehead atoms. The molecule has 21 heavy (non-hydrogen) atoms. The Bertz CT molecular complexity index is 518. The molecule has 0 heterocycles. The summed E-state index contributed by atoms with van der Waals surface area (Å²) in [7, 11) is 0. The van der Waals surface area contributed by atoms with E-state index in [9.17, 15) is 4.79 Å². The van der Waals surface area contributed by atoms with Crippen molar-refractivity contribution in [3.05, 3.63) is 11.6 Å². The average molecular weight is 286 g/mol. The number of hydrogen-bond acceptors (Lipinski definition) is 1. The summed E-state index contributed by atoms with van der Waals surface area (Å²) < 4.78 is 0. The van der Waals surface area contributed by atoms with E-state index < -0.39 is 0 Å². The fourth-order valence-corrected chi connectivity index (χ4v) is 7.12. The lowest BCUT2D eigenvalue weighted by atomic mass is 9.42. The van der Waals surface area contributed by atoms with Crippen LogP contribution in [-0.4, -0.2) is 5.78 Å². The second-order valence-electron chi connectivity index (χ2n) is 9.09. The molecular formula is C20H30O. The Morgan fingerprint density at radius 3 is 2.52 bits per heavy atom. The van der Waals surface area contributed by atoms with Gasteiger partial charge in [-0.05, 0) is 67.6 Å². The summed E-state index contributed by atoms with van der Waals surface area (Å²) in [6.45, 7) is 7.38. The SMILES string of the molecule is C[C@@]12CC=C3CCCC[C@]3(C)[C@H]1CC[C@]1(C)C(=O)CC[C@@H]21. The van der Waals surface area contributed by atoms with Gasteiger partial charge in [-0.3, -0.25) is 4.79 Å². The highest BCUT2D eigenvalue weighted by molar-refractivity contribution is 5.87. The van der Waals surface area contributed by atoms with Gasteiger partial charge in [-0.25, -0.2) is 0 Å². The van der Waals surface area contributed by atoms with Gasteiger partial charge in [0.25, 0.3) is 0 Å². The topological polar surface area (TPSA) is 17.1 Å². The van der Waals surface area contributed by atoms with Gasteiger partial charge >= 0.3 is 0 Å². The normalized spacial score (nSPS) is 52.7. The zero-order valence-corrected chi connectivity index (χ0v) is 14.0. The first-order valence-electron chi connectivity index (χ1n) is 9.14. The average Bonchev–Trinajstić information content (AvgIpc) is 2.75. The molecule has 0 amide bonds. The molecule has 4 aliphatic rings. The van der Waals surface area contributed by atoms with Crippen LogP contribution in [0.25, 0.3) is 0 Å². The van der Waals surface area contributed by atoms with Crippen molar-refractivity contribution in [1.82, 2.24) is 0 Å². The number of rotatable bonds is 0. The molecule has 0 aliphatic heterocycles. The smallest absolute Gasteiger partial charge is 0.139 e. The van der Waals surface area contributed by atoms with Gasteiger partial charge in [0, 0.05) is 11.8 Å². The monoisotopic (exact) mass is 286 g/mol. The number of carbonyl (C=O) groups is 1. The van der Waals surface area contributed by atoms with Crippen LogP contribution in [0.4, 0.5) is 0 Å². The van der Waals surface area contributed by atoms with Crippen LogP contribution in [0.1, 0.15) is 78.6 Å². The number of carbonyl (C=O) groups excluding carboxylic acids is 1. The lowest BCUT2D eigenvalue weighted by Gasteiger charge is -2.62. The van der Waals surface area contributed by atoms with E-state index in [2.05, 4.69) is 26.8 Å². The predicted octanol–water partition coefficient (Wildman–Crippen LogP) is 5.30. The highest BCUT2D eigenvalue weighted by Gasteiger charge is 2.63. The molecule has 0 saturated heterocycles. The van der Waals surface area contributed by atoms with E-state index in [0.717, 1.165) is 25.2 Å². The van der Waals surface area contributed by atoms with Crippen molar-refractivity contribution in [2.24, 2.45) is 28.1 Å². The summed E-state index contributed by atoms with van der Waals surface area (Å²) >= 11 is 0. The number of hydrogen-bond donors (Lipinski definition) is 0. The Labute approximate surface area is 129 Å². The van der Waals surface area contributed by atoms with Crippen LogP contribution >= 0.6 is 0 Å². The van der Waals surface area contributed by atoms with Gasteiger partial charge < -0.3 is 0 Å². The van der Waals surface area contributed by atoms with E-state index in [0.29, 0.717) is 22.5 Å². The van der Waals surface area contributed by atoms with Gasteiger partial charge in [-0.2, -0.15) is 0 Å². The van der Waals surface area contributed by atoms with E-state index >= 15 is 0 Å². The zero-order valence-electron chi connectivity index (χ0n) is 14.0. The summed E-state index contributed by atoms with van der Waals surface area (Å²) in [5.41, 5.74) is 2.58. The van der Waals surface area contributed by atoms with Crippen LogP contribution in [0.5, 0.6) is 0 Å². The molecule has 3 saturated carbocycles. The Hall–Kier alpha value is -0.590. The highest BCUT2D eigenvalue weighted by atomic mass is 16.1. The molecule has 4 aliphatic carbocycles. The van der Waals surface area contributed by atoms with Crippen molar-refractivity contribution in [3.63, 3.8) is 0 Å². The van der Waals surface area contributed by atoms with Crippen molar-refractivity contribution < 1.29 is 4.79 Å². The van der Waals surface area contributed by atoms with E-state index in [4.69, 9.17) is 0 Å². The number of ketones is 1. The van der Waals surface area contributed by atoms with Gasteiger partial charge in [-0.1, -0.05) is 38.8 Å². The van der Waals surface area contributed by atoms with Crippen molar-refractivity contribution in [3.8, 4) is 0 Å².